The van der Waals surface area contributed by atoms with Gasteiger partial charge in [-0.15, -0.1) is 0 Å². The van der Waals surface area contributed by atoms with Crippen LogP contribution in [0.3, 0.4) is 0 Å². The van der Waals surface area contributed by atoms with Crippen molar-refractivity contribution in [3.8, 4) is 0 Å². The number of nitrogens with one attached hydrogen (secondary N) is 2. The number of rotatable bonds is 4. The van der Waals surface area contributed by atoms with Gasteiger partial charge in [-0.3, -0.25) is 14.5 Å². The Morgan fingerprint density at radius 2 is 1.73 bits per heavy atom. The Morgan fingerprint density at radius 1 is 1.03 bits per heavy atom. The van der Waals surface area contributed by atoms with Crippen molar-refractivity contribution in [3.63, 3.8) is 0 Å². The van der Waals surface area contributed by atoms with E-state index in [1.54, 1.807) is 0 Å². The van der Waals surface area contributed by atoms with Crippen LogP contribution in [0, 0.1) is 13.8 Å². The summed E-state index contributed by atoms with van der Waals surface area (Å²) in [7, 11) is 0. The number of fused-ring (bicyclic) bond motifs is 1. The molecule has 6 nitrogen and oxygen atoms in total. The summed E-state index contributed by atoms with van der Waals surface area (Å²) in [5.41, 5.74) is 4.55. The van der Waals surface area contributed by atoms with Gasteiger partial charge in [0.25, 0.3) is 5.91 Å². The Morgan fingerprint density at radius 3 is 2.43 bits per heavy atom. The minimum Gasteiger partial charge on any atom is -0.350 e. The van der Waals surface area contributed by atoms with E-state index in [-0.39, 0.29) is 11.8 Å². The van der Waals surface area contributed by atoms with E-state index in [2.05, 4.69) is 31.1 Å². The second-order valence-corrected chi connectivity index (χ2v) is 8.71. The van der Waals surface area contributed by atoms with Crippen LogP contribution in [0.2, 0.25) is 0 Å². The summed E-state index contributed by atoms with van der Waals surface area (Å²) >= 11 is 3.46. The fourth-order valence-corrected chi connectivity index (χ4v) is 4.25. The van der Waals surface area contributed by atoms with Crippen LogP contribution in [0.15, 0.2) is 46.9 Å². The highest BCUT2D eigenvalue weighted by Gasteiger charge is 2.24. The van der Waals surface area contributed by atoms with Crippen LogP contribution in [-0.4, -0.2) is 59.3 Å². The predicted molar refractivity (Wildman–Crippen MR) is 123 cm³/mol. The molecule has 0 spiro atoms. The Hall–Kier alpha value is -2.64. The molecule has 0 saturated carbocycles. The van der Waals surface area contributed by atoms with E-state index in [9.17, 15) is 9.59 Å². The second kappa shape index (κ2) is 8.62. The summed E-state index contributed by atoms with van der Waals surface area (Å²) in [6, 6.07) is 13.8. The van der Waals surface area contributed by atoms with Crippen LogP contribution >= 0.6 is 15.9 Å². The highest BCUT2D eigenvalue weighted by atomic mass is 79.9. The first kappa shape index (κ1) is 20.6. The number of aromatic nitrogens is 1. The molecule has 7 heteroatoms. The Balaban J connectivity index is 1.33. The lowest BCUT2D eigenvalue weighted by atomic mass is 10.1. The number of amides is 2. The van der Waals surface area contributed by atoms with Crippen molar-refractivity contribution in [1.29, 1.82) is 0 Å². The van der Waals surface area contributed by atoms with Crippen LogP contribution in [0.1, 0.15) is 21.6 Å². The van der Waals surface area contributed by atoms with E-state index in [1.165, 1.54) is 0 Å². The van der Waals surface area contributed by atoms with Gasteiger partial charge in [-0.05, 0) is 43.2 Å². The molecule has 0 aliphatic carbocycles. The average Bonchev–Trinajstić information content (AvgIpc) is 3.14. The number of carbonyl (C=O) groups is 2. The van der Waals surface area contributed by atoms with Crippen molar-refractivity contribution in [2.24, 2.45) is 0 Å². The lowest BCUT2D eigenvalue weighted by molar-refractivity contribution is -0.117. The van der Waals surface area contributed by atoms with Gasteiger partial charge < -0.3 is 15.2 Å². The second-order valence-electron chi connectivity index (χ2n) is 7.80. The van der Waals surface area contributed by atoms with Gasteiger partial charge in [0, 0.05) is 47.2 Å². The third-order valence-corrected chi connectivity index (χ3v) is 6.08. The molecule has 2 heterocycles. The van der Waals surface area contributed by atoms with Crippen LogP contribution in [-0.2, 0) is 4.79 Å². The third-order valence-electron chi connectivity index (χ3n) is 5.59. The molecular weight excluding hydrogens is 444 g/mol. The summed E-state index contributed by atoms with van der Waals surface area (Å²) in [6.07, 6.45) is 0. The minimum absolute atomic E-state index is 0.00181. The number of hydrogen-bond donors (Lipinski definition) is 2. The maximum Gasteiger partial charge on any atom is 0.270 e. The van der Waals surface area contributed by atoms with Gasteiger partial charge in [0.05, 0.1) is 6.54 Å². The number of carbonyl (C=O) groups excluding carboxylic acids is 2. The fraction of sp³-hybridized carbons (Fsp3) is 0.304. The third kappa shape index (κ3) is 4.42. The summed E-state index contributed by atoms with van der Waals surface area (Å²) in [5.74, 6) is -0.0182. The quantitative estimate of drug-likeness (QED) is 0.608. The molecule has 2 aromatic carbocycles. The molecule has 4 rings (SSSR count). The highest BCUT2D eigenvalue weighted by molar-refractivity contribution is 9.10. The largest absolute Gasteiger partial charge is 0.350 e. The van der Waals surface area contributed by atoms with Gasteiger partial charge in [0.1, 0.15) is 5.69 Å². The number of para-hydroxylation sites is 1. The number of aromatic amines is 1. The number of nitrogens with zero attached hydrogens (tertiary/aromatic N) is 2. The molecule has 0 atom stereocenters. The van der Waals surface area contributed by atoms with E-state index < -0.39 is 0 Å². The van der Waals surface area contributed by atoms with Crippen molar-refractivity contribution >= 4 is 44.3 Å². The number of piperazine rings is 1. The summed E-state index contributed by atoms with van der Waals surface area (Å²) < 4.78 is 0.976. The molecule has 2 amide bonds. The normalized spacial score (nSPS) is 14.8. The monoisotopic (exact) mass is 468 g/mol. The molecule has 1 aliphatic heterocycles. The number of H-pyrrole nitrogens is 1. The minimum atomic E-state index is -0.0200. The van der Waals surface area contributed by atoms with Gasteiger partial charge >= 0.3 is 0 Å². The summed E-state index contributed by atoms with van der Waals surface area (Å²) in [6.45, 7) is 6.89. The van der Waals surface area contributed by atoms with Gasteiger partial charge in [0.15, 0.2) is 0 Å². The summed E-state index contributed by atoms with van der Waals surface area (Å²) in [4.78, 5) is 32.5. The van der Waals surface area contributed by atoms with E-state index in [1.807, 2.05) is 61.2 Å². The molecule has 1 aliphatic rings. The van der Waals surface area contributed by atoms with Crippen molar-refractivity contribution in [3.05, 3.63) is 63.8 Å². The van der Waals surface area contributed by atoms with Gasteiger partial charge in [-0.25, -0.2) is 0 Å². The zero-order valence-corrected chi connectivity index (χ0v) is 18.8. The molecule has 156 valence electrons. The molecule has 2 N–H and O–H groups in total. The van der Waals surface area contributed by atoms with Crippen LogP contribution in [0.4, 0.5) is 5.69 Å². The van der Waals surface area contributed by atoms with E-state index in [0.717, 1.165) is 32.2 Å². The molecule has 0 radical (unpaired) electrons. The fourth-order valence-electron chi connectivity index (χ4n) is 3.89. The molecule has 3 aromatic rings. The first-order chi connectivity index (χ1) is 14.4. The van der Waals surface area contributed by atoms with Crippen molar-refractivity contribution in [2.45, 2.75) is 13.8 Å². The standard InChI is InChI=1S/C23H25BrN4O2/c1-15-4-3-5-16(2)22(15)26-21(29)14-27-8-10-28(11-9-27)23(30)20-12-17-6-7-18(24)13-19(17)25-20/h3-7,12-13,25H,8-11,14H2,1-2H3,(H,26,29). The number of aryl methyl sites for hydroxylation is 2. The number of hydrogen-bond acceptors (Lipinski definition) is 3. The first-order valence-electron chi connectivity index (χ1n) is 10.1. The van der Waals surface area contributed by atoms with E-state index in [0.29, 0.717) is 38.4 Å². The maximum absolute atomic E-state index is 12.9. The van der Waals surface area contributed by atoms with E-state index in [4.69, 9.17) is 0 Å². The summed E-state index contributed by atoms with van der Waals surface area (Å²) in [5, 5.41) is 4.05. The molecule has 0 bridgehead atoms. The lowest BCUT2D eigenvalue weighted by Crippen LogP contribution is -2.50. The smallest absolute Gasteiger partial charge is 0.270 e. The molecular formula is C23H25BrN4O2. The van der Waals surface area contributed by atoms with Crippen molar-refractivity contribution < 1.29 is 9.59 Å². The van der Waals surface area contributed by atoms with Crippen LogP contribution in [0.25, 0.3) is 10.9 Å². The molecule has 1 aromatic heterocycles. The van der Waals surface area contributed by atoms with Crippen LogP contribution < -0.4 is 5.32 Å². The average molecular weight is 469 g/mol. The lowest BCUT2D eigenvalue weighted by Gasteiger charge is -2.34. The Kier molecular flexibility index (Phi) is 5.92. The molecule has 1 fully saturated rings. The molecule has 1 saturated heterocycles. The van der Waals surface area contributed by atoms with Gasteiger partial charge in [0.2, 0.25) is 5.91 Å². The van der Waals surface area contributed by atoms with Crippen molar-refractivity contribution in [1.82, 2.24) is 14.8 Å². The first-order valence-corrected chi connectivity index (χ1v) is 10.9. The predicted octanol–water partition coefficient (Wildman–Crippen LogP) is 3.94. The topological polar surface area (TPSA) is 68.4 Å². The Bertz CT molecular complexity index is 1080. The number of anilines is 1. The zero-order valence-electron chi connectivity index (χ0n) is 17.2. The molecule has 0 unspecified atom stereocenters. The van der Waals surface area contributed by atoms with Crippen molar-refractivity contribution in [2.75, 3.05) is 38.0 Å². The zero-order chi connectivity index (χ0) is 21.3. The highest BCUT2D eigenvalue weighted by Crippen LogP contribution is 2.22. The van der Waals surface area contributed by atoms with Crippen LogP contribution in [0.5, 0.6) is 0 Å². The maximum atomic E-state index is 12.9. The number of benzene rings is 2. The number of halogens is 1. The van der Waals surface area contributed by atoms with E-state index >= 15 is 0 Å². The Labute approximate surface area is 184 Å². The SMILES string of the molecule is Cc1cccc(C)c1NC(=O)CN1CCN(C(=O)c2cc3ccc(Br)cc3[nH]2)CC1. The van der Waals surface area contributed by atoms with Gasteiger partial charge in [-0.1, -0.05) is 40.2 Å². The van der Waals surface area contributed by atoms with Gasteiger partial charge in [-0.2, -0.15) is 0 Å². The molecule has 30 heavy (non-hydrogen) atoms.